The molecule has 4 heterocycles. The van der Waals surface area contributed by atoms with E-state index in [2.05, 4.69) is 22.1 Å². The van der Waals surface area contributed by atoms with Gasteiger partial charge in [-0.1, -0.05) is 30.3 Å². The molecule has 4 unspecified atom stereocenters. The highest BCUT2D eigenvalue weighted by molar-refractivity contribution is 5.79. The highest BCUT2D eigenvalue weighted by atomic mass is 19.1. The number of hydrazine groups is 1. The average molecular weight is 378 g/mol. The van der Waals surface area contributed by atoms with Gasteiger partial charge in [-0.25, -0.2) is 14.9 Å². The Kier molecular flexibility index (Phi) is 2.88. The molecule has 3 aliphatic heterocycles. The van der Waals surface area contributed by atoms with E-state index < -0.39 is 12.6 Å². The highest BCUT2D eigenvalue weighted by Crippen LogP contribution is 2.49. The Hall–Kier alpha value is -3.61. The molecular weight excluding hydrogens is 363 g/mol. The van der Waals surface area contributed by atoms with E-state index in [1.807, 2.05) is 30.5 Å². The summed E-state index contributed by atoms with van der Waals surface area (Å²) in [6.45, 7) is 2.15. The lowest BCUT2D eigenvalue weighted by atomic mass is 10.1. The molecule has 0 N–H and O–H groups in total. The fourth-order valence-corrected chi connectivity index (χ4v) is 4.00. The molecule has 1 aromatic heterocycles. The summed E-state index contributed by atoms with van der Waals surface area (Å²) in [6.07, 6.45) is 3.95. The van der Waals surface area contributed by atoms with Crippen molar-refractivity contribution in [3.8, 4) is 6.19 Å². The lowest BCUT2D eigenvalue weighted by Gasteiger charge is -2.41. The molecule has 1 aliphatic carbocycles. The Morgan fingerprint density at radius 1 is 1.32 bits per heavy atom. The van der Waals surface area contributed by atoms with Gasteiger partial charge < -0.3 is 4.52 Å². The molecule has 0 amide bonds. The Balaban J connectivity index is 1.45. The molecule has 4 atom stereocenters. The number of nitrogens with zero attached hydrogens (tertiary/aromatic N) is 8. The molecule has 1 aromatic carbocycles. The lowest BCUT2D eigenvalue weighted by molar-refractivity contribution is 0.190. The van der Waals surface area contributed by atoms with Crippen molar-refractivity contribution in [1.29, 1.82) is 5.26 Å². The van der Waals surface area contributed by atoms with Gasteiger partial charge in [0.15, 0.2) is 24.0 Å². The Morgan fingerprint density at radius 3 is 2.93 bits per heavy atom. The molecule has 140 valence electrons. The summed E-state index contributed by atoms with van der Waals surface area (Å²) >= 11 is 0. The number of aliphatic imine (C=N–C) groups is 1. The molecule has 4 aliphatic rings. The van der Waals surface area contributed by atoms with Gasteiger partial charge in [-0.15, -0.1) is 0 Å². The molecule has 10 heteroatoms. The van der Waals surface area contributed by atoms with Crippen LogP contribution in [-0.4, -0.2) is 32.8 Å². The number of rotatable bonds is 2. The van der Waals surface area contributed by atoms with Gasteiger partial charge in [0.25, 0.3) is 6.42 Å². The van der Waals surface area contributed by atoms with Gasteiger partial charge >= 0.3 is 6.01 Å². The second-order valence-corrected chi connectivity index (χ2v) is 7.32. The zero-order chi connectivity index (χ0) is 19.0. The van der Waals surface area contributed by atoms with Crippen LogP contribution in [0.2, 0.25) is 0 Å². The summed E-state index contributed by atoms with van der Waals surface area (Å²) < 4.78 is 20.5. The summed E-state index contributed by atoms with van der Waals surface area (Å²) in [5.74, 6) is 2.03. The molecule has 28 heavy (non-hydrogen) atoms. The van der Waals surface area contributed by atoms with Crippen molar-refractivity contribution in [3.63, 3.8) is 0 Å². The first-order valence-electron chi connectivity index (χ1n) is 9.05. The maximum absolute atomic E-state index is 15.0. The largest absolute Gasteiger partial charge is 0.348 e. The van der Waals surface area contributed by atoms with Crippen LogP contribution in [0.25, 0.3) is 0 Å². The standard InChI is InChI=1S/C18H15FN8O/c1-10-6-12(10)15-22-18(28-23-15)25-9-21-16-11-4-2-3-5-13(11)26-14(27(16)25)7-24(8-20)17(26)19/h2-5,7,9-10,12,16-17H,6H2,1H3. The maximum Gasteiger partial charge on any atom is 0.348 e. The van der Waals surface area contributed by atoms with E-state index in [1.54, 1.807) is 16.4 Å². The first kappa shape index (κ1) is 15.4. The van der Waals surface area contributed by atoms with Gasteiger partial charge in [-0.05, 0) is 18.4 Å². The van der Waals surface area contributed by atoms with E-state index in [0.29, 0.717) is 29.2 Å². The van der Waals surface area contributed by atoms with Gasteiger partial charge in [0.1, 0.15) is 6.34 Å². The van der Waals surface area contributed by atoms with E-state index in [1.165, 1.54) is 11.1 Å². The fraction of sp³-hybridized carbons (Fsp3) is 0.333. The van der Waals surface area contributed by atoms with Crippen molar-refractivity contribution < 1.29 is 8.91 Å². The predicted molar refractivity (Wildman–Crippen MR) is 95.7 cm³/mol. The SMILES string of the molecule is CC1CC1c1noc(N2C=NC3c4ccccc4N4C(=CN(C#N)C4F)N32)n1. The number of aromatic nitrogens is 2. The minimum absolute atomic E-state index is 0.270. The van der Waals surface area contributed by atoms with Crippen molar-refractivity contribution >= 4 is 18.0 Å². The maximum atomic E-state index is 15.0. The molecular formula is C18H15FN8O. The number of benzene rings is 1. The van der Waals surface area contributed by atoms with Crippen molar-refractivity contribution in [2.24, 2.45) is 10.9 Å². The number of anilines is 2. The van der Waals surface area contributed by atoms with E-state index in [-0.39, 0.29) is 6.01 Å². The number of para-hydroxylation sites is 1. The van der Waals surface area contributed by atoms with Crippen LogP contribution in [0.4, 0.5) is 16.1 Å². The Labute approximate surface area is 159 Å². The zero-order valence-corrected chi connectivity index (χ0v) is 14.8. The highest BCUT2D eigenvalue weighted by Gasteiger charge is 2.49. The van der Waals surface area contributed by atoms with Crippen LogP contribution in [0.5, 0.6) is 0 Å². The quantitative estimate of drug-likeness (QED) is 0.582. The lowest BCUT2D eigenvalue weighted by Crippen LogP contribution is -2.48. The summed E-state index contributed by atoms with van der Waals surface area (Å²) in [6, 6.07) is 7.72. The first-order chi connectivity index (χ1) is 13.7. The zero-order valence-electron chi connectivity index (χ0n) is 14.8. The molecule has 0 radical (unpaired) electrons. The summed E-state index contributed by atoms with van der Waals surface area (Å²) in [5, 5.41) is 16.8. The van der Waals surface area contributed by atoms with E-state index in [4.69, 9.17) is 4.52 Å². The second-order valence-electron chi connectivity index (χ2n) is 7.32. The molecule has 0 saturated heterocycles. The minimum atomic E-state index is -1.63. The van der Waals surface area contributed by atoms with Gasteiger partial charge in [0.05, 0.1) is 11.9 Å². The third-order valence-corrected chi connectivity index (χ3v) is 5.62. The van der Waals surface area contributed by atoms with Crippen LogP contribution in [0.3, 0.4) is 0 Å². The fourth-order valence-electron chi connectivity index (χ4n) is 4.00. The molecule has 1 fully saturated rings. The van der Waals surface area contributed by atoms with Gasteiger partial charge in [-0.2, -0.15) is 19.6 Å². The predicted octanol–water partition coefficient (Wildman–Crippen LogP) is 2.63. The number of halogens is 1. The van der Waals surface area contributed by atoms with Crippen molar-refractivity contribution in [3.05, 3.63) is 47.7 Å². The van der Waals surface area contributed by atoms with Crippen LogP contribution < -0.4 is 9.91 Å². The Morgan fingerprint density at radius 2 is 2.14 bits per heavy atom. The van der Waals surface area contributed by atoms with Crippen LogP contribution in [-0.2, 0) is 0 Å². The number of hydrogen-bond donors (Lipinski definition) is 0. The molecule has 1 saturated carbocycles. The van der Waals surface area contributed by atoms with Crippen LogP contribution in [0, 0.1) is 17.4 Å². The Bertz CT molecular complexity index is 1070. The summed E-state index contributed by atoms with van der Waals surface area (Å²) in [7, 11) is 0. The van der Waals surface area contributed by atoms with Gasteiger partial charge in [0, 0.05) is 11.5 Å². The number of hydrogen-bond acceptors (Lipinski definition) is 9. The third kappa shape index (κ3) is 1.90. The second kappa shape index (κ2) is 5.22. The van der Waals surface area contributed by atoms with Crippen molar-refractivity contribution in [2.75, 3.05) is 9.91 Å². The topological polar surface area (TPSA) is 88.0 Å². The monoisotopic (exact) mass is 378 g/mol. The molecule has 0 bridgehead atoms. The number of fused-ring (bicyclic) bond motifs is 6. The van der Waals surface area contributed by atoms with Gasteiger partial charge in [0.2, 0.25) is 0 Å². The van der Waals surface area contributed by atoms with Crippen LogP contribution in [0.15, 0.2) is 45.8 Å². The smallest absolute Gasteiger partial charge is 0.313 e. The van der Waals surface area contributed by atoms with E-state index >= 15 is 0 Å². The molecule has 9 nitrogen and oxygen atoms in total. The van der Waals surface area contributed by atoms with Crippen LogP contribution in [0.1, 0.15) is 36.8 Å². The van der Waals surface area contributed by atoms with E-state index in [9.17, 15) is 9.65 Å². The molecule has 6 rings (SSSR count). The van der Waals surface area contributed by atoms with Gasteiger partial charge in [-0.3, -0.25) is 4.90 Å². The van der Waals surface area contributed by atoms with Crippen LogP contribution >= 0.6 is 0 Å². The normalized spacial score (nSPS) is 29.4. The molecule has 2 aromatic rings. The average Bonchev–Trinajstić information content (AvgIpc) is 3.11. The summed E-state index contributed by atoms with van der Waals surface area (Å²) in [4.78, 5) is 11.5. The number of alkyl halides is 1. The third-order valence-electron chi connectivity index (χ3n) is 5.62. The first-order valence-corrected chi connectivity index (χ1v) is 9.05. The van der Waals surface area contributed by atoms with E-state index in [0.717, 1.165) is 16.9 Å². The van der Waals surface area contributed by atoms with Crippen molar-refractivity contribution in [1.82, 2.24) is 20.0 Å². The van der Waals surface area contributed by atoms with Crippen molar-refractivity contribution in [2.45, 2.75) is 31.8 Å². The summed E-state index contributed by atoms with van der Waals surface area (Å²) in [5.41, 5.74) is 1.51. The number of nitriles is 1. The minimum Gasteiger partial charge on any atom is -0.313 e. The molecule has 0 spiro atoms.